The van der Waals surface area contributed by atoms with Crippen LogP contribution in [0, 0.1) is 0 Å². The molecule has 1 saturated heterocycles. The molecule has 10 nitrogen and oxygen atoms in total. The number of carboxylic acid groups (broad SMARTS) is 1. The molecular weight excluding hydrogens is 500 g/mol. The number of rotatable bonds is 11. The highest BCUT2D eigenvalue weighted by Gasteiger charge is 2.29. The number of carbonyl (C=O) groups is 2. The fraction of sp³-hybridized carbons (Fsp3) is 0.379. The molecule has 1 amide bonds. The number of aromatic nitrogens is 2. The van der Waals surface area contributed by atoms with E-state index in [0.717, 1.165) is 36.4 Å². The SMILES string of the molecule is CCOc1ccccc1O[C@@H]1CCCN(c2cncc(NC(=O)Cc3ccc(OC(C)(C)C(=O)O)cc3)n2)C1. The van der Waals surface area contributed by atoms with Gasteiger partial charge in [-0.15, -0.1) is 0 Å². The van der Waals surface area contributed by atoms with E-state index in [9.17, 15) is 14.7 Å². The van der Waals surface area contributed by atoms with Crippen molar-refractivity contribution in [1.82, 2.24) is 9.97 Å². The number of amides is 1. The highest BCUT2D eigenvalue weighted by molar-refractivity contribution is 5.91. The van der Waals surface area contributed by atoms with Gasteiger partial charge in [0, 0.05) is 6.54 Å². The molecule has 3 aromatic rings. The lowest BCUT2D eigenvalue weighted by atomic mass is 10.1. The van der Waals surface area contributed by atoms with Gasteiger partial charge in [-0.3, -0.25) is 9.78 Å². The summed E-state index contributed by atoms with van der Waals surface area (Å²) in [5, 5.41) is 12.0. The number of piperidine rings is 1. The van der Waals surface area contributed by atoms with Crippen molar-refractivity contribution in [2.45, 2.75) is 51.7 Å². The maximum absolute atomic E-state index is 12.7. The van der Waals surface area contributed by atoms with E-state index in [1.54, 1.807) is 30.5 Å². The summed E-state index contributed by atoms with van der Waals surface area (Å²) in [5.74, 6) is 1.60. The van der Waals surface area contributed by atoms with Crippen LogP contribution in [0.1, 0.15) is 39.2 Å². The molecule has 2 aromatic carbocycles. The standard InChI is InChI=1S/C29H34N4O6/c1-4-37-23-9-5-6-10-24(23)38-22-8-7-15-33(19-22)26-18-30-17-25(31-26)32-27(34)16-20-11-13-21(14-12-20)39-29(2,3)28(35)36/h5-6,9-14,17-18,22H,4,7-8,15-16,19H2,1-3H3,(H,35,36)(H,31,32,34)/t22-/m1/s1. The third-order valence-corrected chi connectivity index (χ3v) is 6.21. The average Bonchev–Trinajstić information content (AvgIpc) is 2.91. The first-order valence-corrected chi connectivity index (χ1v) is 13.0. The van der Waals surface area contributed by atoms with Crippen molar-refractivity contribution in [3.8, 4) is 17.2 Å². The summed E-state index contributed by atoms with van der Waals surface area (Å²) in [4.78, 5) is 34.9. The molecule has 1 aliphatic rings. The van der Waals surface area contributed by atoms with Crippen LogP contribution in [0.25, 0.3) is 0 Å². The number of anilines is 2. The second kappa shape index (κ2) is 12.5. The van der Waals surface area contributed by atoms with Crippen LogP contribution in [0.4, 0.5) is 11.6 Å². The molecule has 0 saturated carbocycles. The highest BCUT2D eigenvalue weighted by atomic mass is 16.5. The van der Waals surface area contributed by atoms with E-state index >= 15 is 0 Å². The van der Waals surface area contributed by atoms with Gasteiger partial charge in [0.2, 0.25) is 5.91 Å². The molecular formula is C29H34N4O6. The van der Waals surface area contributed by atoms with Gasteiger partial charge in [-0.25, -0.2) is 9.78 Å². The van der Waals surface area contributed by atoms with Crippen LogP contribution >= 0.6 is 0 Å². The summed E-state index contributed by atoms with van der Waals surface area (Å²) in [5.41, 5.74) is -0.600. The van der Waals surface area contributed by atoms with Crippen LogP contribution in [0.2, 0.25) is 0 Å². The minimum atomic E-state index is -1.35. The molecule has 39 heavy (non-hydrogen) atoms. The van der Waals surface area contributed by atoms with E-state index in [1.165, 1.54) is 20.0 Å². The van der Waals surface area contributed by atoms with E-state index in [-0.39, 0.29) is 18.4 Å². The van der Waals surface area contributed by atoms with Crippen molar-refractivity contribution >= 4 is 23.5 Å². The molecule has 2 heterocycles. The van der Waals surface area contributed by atoms with Crippen molar-refractivity contribution in [2.24, 2.45) is 0 Å². The zero-order valence-corrected chi connectivity index (χ0v) is 22.4. The lowest BCUT2D eigenvalue weighted by molar-refractivity contribution is -0.152. The summed E-state index contributed by atoms with van der Waals surface area (Å²) >= 11 is 0. The number of carbonyl (C=O) groups excluding carboxylic acids is 1. The summed E-state index contributed by atoms with van der Waals surface area (Å²) in [6.07, 6.45) is 5.13. The number of carboxylic acids is 1. The molecule has 0 unspecified atom stereocenters. The van der Waals surface area contributed by atoms with Gasteiger partial charge in [0.1, 0.15) is 17.7 Å². The number of nitrogens with zero attached hydrogens (tertiary/aromatic N) is 3. The molecule has 1 atom stereocenters. The highest BCUT2D eigenvalue weighted by Crippen LogP contribution is 2.30. The topological polar surface area (TPSA) is 123 Å². The zero-order valence-electron chi connectivity index (χ0n) is 22.4. The van der Waals surface area contributed by atoms with Gasteiger partial charge in [-0.1, -0.05) is 24.3 Å². The monoisotopic (exact) mass is 534 g/mol. The van der Waals surface area contributed by atoms with Crippen LogP contribution < -0.4 is 24.4 Å². The Morgan fingerprint density at radius 3 is 2.56 bits per heavy atom. The van der Waals surface area contributed by atoms with Crippen LogP contribution in [0.5, 0.6) is 17.2 Å². The molecule has 206 valence electrons. The third kappa shape index (κ3) is 7.59. The van der Waals surface area contributed by atoms with Gasteiger partial charge >= 0.3 is 5.97 Å². The Morgan fingerprint density at radius 1 is 1.10 bits per heavy atom. The Labute approximate surface area is 227 Å². The van der Waals surface area contributed by atoms with Gasteiger partial charge in [0.25, 0.3) is 0 Å². The quantitative estimate of drug-likeness (QED) is 0.370. The Kier molecular flexibility index (Phi) is 8.85. The second-order valence-corrected chi connectivity index (χ2v) is 9.76. The third-order valence-electron chi connectivity index (χ3n) is 6.21. The first-order chi connectivity index (χ1) is 18.7. The number of hydrogen-bond acceptors (Lipinski definition) is 8. The van der Waals surface area contributed by atoms with E-state index in [0.29, 0.717) is 30.5 Å². The summed E-state index contributed by atoms with van der Waals surface area (Å²) in [6.45, 7) is 6.91. The molecule has 1 aliphatic heterocycles. The predicted octanol–water partition coefficient (Wildman–Crippen LogP) is 4.35. The summed E-state index contributed by atoms with van der Waals surface area (Å²) < 4.78 is 17.5. The van der Waals surface area contributed by atoms with Crippen molar-refractivity contribution in [1.29, 1.82) is 0 Å². The van der Waals surface area contributed by atoms with Crippen LogP contribution in [0.3, 0.4) is 0 Å². The average molecular weight is 535 g/mol. The number of para-hydroxylation sites is 2. The minimum absolute atomic E-state index is 0.0339. The largest absolute Gasteiger partial charge is 0.490 e. The van der Waals surface area contributed by atoms with Crippen LogP contribution in [-0.2, 0) is 16.0 Å². The zero-order chi connectivity index (χ0) is 27.8. The molecule has 1 aromatic heterocycles. The molecule has 4 rings (SSSR count). The molecule has 0 radical (unpaired) electrons. The summed E-state index contributed by atoms with van der Waals surface area (Å²) in [6, 6.07) is 14.4. The number of nitrogens with one attached hydrogen (secondary N) is 1. The second-order valence-electron chi connectivity index (χ2n) is 9.76. The van der Waals surface area contributed by atoms with E-state index < -0.39 is 11.6 Å². The van der Waals surface area contributed by atoms with Crippen LogP contribution in [0.15, 0.2) is 60.9 Å². The van der Waals surface area contributed by atoms with Crippen molar-refractivity contribution in [3.63, 3.8) is 0 Å². The first kappa shape index (κ1) is 27.7. The first-order valence-electron chi connectivity index (χ1n) is 13.0. The fourth-order valence-electron chi connectivity index (χ4n) is 4.20. The number of hydrogen-bond donors (Lipinski definition) is 2. The molecule has 1 fully saturated rings. The number of aliphatic carboxylic acids is 1. The van der Waals surface area contributed by atoms with Gasteiger partial charge in [-0.2, -0.15) is 0 Å². The Hall–Kier alpha value is -4.34. The van der Waals surface area contributed by atoms with Crippen molar-refractivity contribution < 1.29 is 28.9 Å². The van der Waals surface area contributed by atoms with E-state index in [1.807, 2.05) is 31.2 Å². The van der Waals surface area contributed by atoms with Crippen LogP contribution in [-0.4, -0.2) is 58.4 Å². The van der Waals surface area contributed by atoms with Gasteiger partial charge in [0.15, 0.2) is 22.9 Å². The lowest BCUT2D eigenvalue weighted by Gasteiger charge is -2.33. The molecule has 0 spiro atoms. The minimum Gasteiger partial charge on any atom is -0.490 e. The number of ether oxygens (including phenoxy) is 3. The van der Waals surface area contributed by atoms with Gasteiger partial charge < -0.3 is 29.5 Å². The molecule has 10 heteroatoms. The molecule has 2 N–H and O–H groups in total. The maximum atomic E-state index is 12.7. The predicted molar refractivity (Wildman–Crippen MR) is 147 cm³/mol. The smallest absolute Gasteiger partial charge is 0.347 e. The maximum Gasteiger partial charge on any atom is 0.347 e. The fourth-order valence-corrected chi connectivity index (χ4v) is 4.20. The number of benzene rings is 2. The van der Waals surface area contributed by atoms with E-state index in [2.05, 4.69) is 20.2 Å². The Morgan fingerprint density at radius 2 is 1.85 bits per heavy atom. The van der Waals surface area contributed by atoms with Crippen molar-refractivity contribution in [3.05, 3.63) is 66.5 Å². The Balaban J connectivity index is 1.34. The van der Waals surface area contributed by atoms with Gasteiger partial charge in [0.05, 0.1) is 32.0 Å². The molecule has 0 bridgehead atoms. The Bertz CT molecular complexity index is 1280. The van der Waals surface area contributed by atoms with Gasteiger partial charge in [-0.05, 0) is 63.4 Å². The normalized spacial score (nSPS) is 15.4. The van der Waals surface area contributed by atoms with E-state index in [4.69, 9.17) is 14.2 Å². The van der Waals surface area contributed by atoms with Crippen molar-refractivity contribution in [2.75, 3.05) is 29.9 Å². The summed E-state index contributed by atoms with van der Waals surface area (Å²) in [7, 11) is 0. The lowest BCUT2D eigenvalue weighted by Crippen LogP contribution is -2.41. The molecule has 0 aliphatic carbocycles.